The van der Waals surface area contributed by atoms with Gasteiger partial charge in [0.2, 0.25) is 0 Å². The van der Waals surface area contributed by atoms with Crippen molar-refractivity contribution in [2.24, 2.45) is 0 Å². The Labute approximate surface area is 132 Å². The monoisotopic (exact) mass is 313 g/mol. The molecule has 23 heavy (non-hydrogen) atoms. The van der Waals surface area contributed by atoms with E-state index in [-0.39, 0.29) is 12.3 Å². The van der Waals surface area contributed by atoms with Crippen molar-refractivity contribution in [2.45, 2.75) is 13.5 Å². The number of H-pyrrole nitrogens is 1. The quantitative estimate of drug-likeness (QED) is 0.723. The molecule has 1 heterocycles. The van der Waals surface area contributed by atoms with E-state index < -0.39 is 11.8 Å². The molecule has 1 N–H and O–H groups in total. The van der Waals surface area contributed by atoms with Crippen LogP contribution >= 0.6 is 0 Å². The normalized spacial score (nSPS) is 10.7. The highest BCUT2D eigenvalue weighted by Crippen LogP contribution is 2.28. The first-order chi connectivity index (χ1) is 11.2. The average molecular weight is 313 g/mol. The molecule has 118 valence electrons. The van der Waals surface area contributed by atoms with E-state index in [2.05, 4.69) is 4.98 Å². The fourth-order valence-corrected chi connectivity index (χ4v) is 2.34. The summed E-state index contributed by atoms with van der Waals surface area (Å²) in [6, 6.07) is 13.8. The summed E-state index contributed by atoms with van der Waals surface area (Å²) in [6.07, 6.45) is 0. The number of hydrogen-bond acceptors (Lipinski definition) is 3. The first kappa shape index (κ1) is 15.1. The van der Waals surface area contributed by atoms with Crippen molar-refractivity contribution in [1.29, 1.82) is 0 Å². The predicted molar refractivity (Wildman–Crippen MR) is 85.0 cm³/mol. The van der Waals surface area contributed by atoms with E-state index >= 15 is 0 Å². The van der Waals surface area contributed by atoms with Gasteiger partial charge in [0.1, 0.15) is 23.9 Å². The lowest BCUT2D eigenvalue weighted by Crippen LogP contribution is -2.04. The van der Waals surface area contributed by atoms with Crippen LogP contribution in [0, 0.1) is 5.82 Å². The van der Waals surface area contributed by atoms with Crippen molar-refractivity contribution in [3.63, 3.8) is 0 Å². The maximum atomic E-state index is 13.8. The van der Waals surface area contributed by atoms with Gasteiger partial charge in [-0.2, -0.15) is 0 Å². The molecule has 5 heteroatoms. The number of hydrogen-bond donors (Lipinski definition) is 1. The van der Waals surface area contributed by atoms with Gasteiger partial charge in [-0.05, 0) is 24.6 Å². The Bertz CT molecular complexity index is 827. The van der Waals surface area contributed by atoms with Crippen molar-refractivity contribution < 1.29 is 18.7 Å². The van der Waals surface area contributed by atoms with Crippen LogP contribution in [0.4, 0.5) is 4.39 Å². The predicted octanol–water partition coefficient (Wildman–Crippen LogP) is 4.06. The van der Waals surface area contributed by atoms with Crippen LogP contribution in [0.5, 0.6) is 5.75 Å². The van der Waals surface area contributed by atoms with Crippen LogP contribution in [0.25, 0.3) is 10.9 Å². The molecule has 0 radical (unpaired) electrons. The number of esters is 1. The lowest BCUT2D eigenvalue weighted by molar-refractivity contribution is 0.0520. The van der Waals surface area contributed by atoms with E-state index in [1.807, 2.05) is 30.3 Å². The number of carbonyl (C=O) groups excluding carboxylic acids is 1. The van der Waals surface area contributed by atoms with Crippen molar-refractivity contribution in [2.75, 3.05) is 6.61 Å². The van der Waals surface area contributed by atoms with Crippen LogP contribution in [0.1, 0.15) is 23.0 Å². The molecule has 4 nitrogen and oxygen atoms in total. The average Bonchev–Trinajstić information content (AvgIpc) is 2.98. The van der Waals surface area contributed by atoms with Crippen molar-refractivity contribution in [1.82, 2.24) is 4.98 Å². The van der Waals surface area contributed by atoms with Crippen LogP contribution in [-0.2, 0) is 11.3 Å². The molecule has 0 fully saturated rings. The molecule has 3 aromatic rings. The van der Waals surface area contributed by atoms with E-state index in [0.717, 1.165) is 5.56 Å². The number of ether oxygens (including phenoxy) is 2. The number of rotatable bonds is 5. The highest BCUT2D eigenvalue weighted by molar-refractivity contribution is 5.96. The third-order valence-corrected chi connectivity index (χ3v) is 3.39. The summed E-state index contributed by atoms with van der Waals surface area (Å²) in [5, 5.41) is 0.566. The lowest BCUT2D eigenvalue weighted by atomic mass is 10.2. The standard InChI is InChI=1S/C18H16FNO3/c1-2-22-18(21)15-9-13-8-14(19)10-16(17(13)20-15)23-11-12-6-4-3-5-7-12/h3-10,20H,2,11H2,1H3. The van der Waals surface area contributed by atoms with Gasteiger partial charge >= 0.3 is 5.97 Å². The third-order valence-electron chi connectivity index (χ3n) is 3.39. The zero-order valence-electron chi connectivity index (χ0n) is 12.6. The molecular formula is C18H16FNO3. The second kappa shape index (κ2) is 6.52. The van der Waals surface area contributed by atoms with Gasteiger partial charge in [-0.15, -0.1) is 0 Å². The van der Waals surface area contributed by atoms with Crippen molar-refractivity contribution in [3.8, 4) is 5.75 Å². The second-order valence-electron chi connectivity index (χ2n) is 5.05. The van der Waals surface area contributed by atoms with Crippen LogP contribution < -0.4 is 4.74 Å². The van der Waals surface area contributed by atoms with Crippen LogP contribution in [0.3, 0.4) is 0 Å². The number of fused-ring (bicyclic) bond motifs is 1. The second-order valence-corrected chi connectivity index (χ2v) is 5.05. The summed E-state index contributed by atoms with van der Waals surface area (Å²) in [7, 11) is 0. The Balaban J connectivity index is 1.91. The van der Waals surface area contributed by atoms with Crippen molar-refractivity contribution >= 4 is 16.9 Å². The zero-order valence-corrected chi connectivity index (χ0v) is 12.6. The molecular weight excluding hydrogens is 297 g/mol. The number of aromatic amines is 1. The largest absolute Gasteiger partial charge is 0.487 e. The maximum absolute atomic E-state index is 13.8. The first-order valence-electron chi connectivity index (χ1n) is 7.33. The molecule has 0 bridgehead atoms. The van der Waals surface area contributed by atoms with E-state index in [4.69, 9.17) is 9.47 Å². The Hall–Kier alpha value is -2.82. The van der Waals surface area contributed by atoms with Crippen LogP contribution in [0.2, 0.25) is 0 Å². The minimum Gasteiger partial charge on any atom is -0.487 e. The summed E-state index contributed by atoms with van der Waals surface area (Å²) in [6.45, 7) is 2.32. The number of carbonyl (C=O) groups is 1. The summed E-state index contributed by atoms with van der Waals surface area (Å²) < 4.78 is 24.4. The summed E-state index contributed by atoms with van der Waals surface area (Å²) in [5.41, 5.74) is 1.82. The Morgan fingerprint density at radius 2 is 1.96 bits per heavy atom. The molecule has 0 amide bonds. The highest BCUT2D eigenvalue weighted by Gasteiger charge is 2.14. The molecule has 0 aliphatic heterocycles. The molecule has 0 atom stereocenters. The number of aromatic nitrogens is 1. The van der Waals surface area contributed by atoms with E-state index in [9.17, 15) is 9.18 Å². The molecule has 0 aliphatic rings. The van der Waals surface area contributed by atoms with Crippen LogP contribution in [0.15, 0.2) is 48.5 Å². The number of nitrogens with one attached hydrogen (secondary N) is 1. The Kier molecular flexibility index (Phi) is 4.28. The van der Waals surface area contributed by atoms with E-state index in [1.54, 1.807) is 13.0 Å². The number of halogens is 1. The molecule has 0 aliphatic carbocycles. The molecule has 0 spiro atoms. The molecule has 2 aromatic carbocycles. The fraction of sp³-hybridized carbons (Fsp3) is 0.167. The Morgan fingerprint density at radius 1 is 1.17 bits per heavy atom. The first-order valence-corrected chi connectivity index (χ1v) is 7.33. The SMILES string of the molecule is CCOC(=O)c1cc2cc(F)cc(OCc3ccccc3)c2[nH]1. The van der Waals surface area contributed by atoms with E-state index in [0.29, 0.717) is 23.3 Å². The number of benzene rings is 2. The van der Waals surface area contributed by atoms with Gasteiger partial charge < -0.3 is 14.5 Å². The molecule has 0 saturated carbocycles. The fourth-order valence-electron chi connectivity index (χ4n) is 2.34. The molecule has 1 aromatic heterocycles. The minimum absolute atomic E-state index is 0.275. The van der Waals surface area contributed by atoms with Crippen molar-refractivity contribution in [3.05, 3.63) is 65.6 Å². The smallest absolute Gasteiger partial charge is 0.354 e. The summed E-state index contributed by atoms with van der Waals surface area (Å²) >= 11 is 0. The highest BCUT2D eigenvalue weighted by atomic mass is 19.1. The lowest BCUT2D eigenvalue weighted by Gasteiger charge is -2.08. The molecule has 0 saturated heterocycles. The Morgan fingerprint density at radius 3 is 2.70 bits per heavy atom. The topological polar surface area (TPSA) is 51.3 Å². The third kappa shape index (κ3) is 3.34. The van der Waals surface area contributed by atoms with Crippen LogP contribution in [-0.4, -0.2) is 17.6 Å². The van der Waals surface area contributed by atoms with Gasteiger partial charge in [-0.3, -0.25) is 0 Å². The van der Waals surface area contributed by atoms with Gasteiger partial charge in [0, 0.05) is 11.5 Å². The maximum Gasteiger partial charge on any atom is 0.354 e. The van der Waals surface area contributed by atoms with E-state index in [1.165, 1.54) is 12.1 Å². The molecule has 3 rings (SSSR count). The summed E-state index contributed by atoms with van der Waals surface area (Å²) in [4.78, 5) is 14.7. The molecule has 0 unspecified atom stereocenters. The van der Waals surface area contributed by atoms with Gasteiger partial charge in [0.25, 0.3) is 0 Å². The minimum atomic E-state index is -0.474. The summed E-state index contributed by atoms with van der Waals surface area (Å²) in [5.74, 6) is -0.535. The zero-order chi connectivity index (χ0) is 16.2. The van der Waals surface area contributed by atoms with Gasteiger partial charge in [0.15, 0.2) is 0 Å². The van der Waals surface area contributed by atoms with Gasteiger partial charge in [0.05, 0.1) is 12.1 Å². The van der Waals surface area contributed by atoms with Gasteiger partial charge in [-0.25, -0.2) is 9.18 Å². The van der Waals surface area contributed by atoms with Gasteiger partial charge in [-0.1, -0.05) is 30.3 Å².